The minimum atomic E-state index is -3.55. The largest absolute Gasteiger partial charge is 0.354 e. The number of rotatable bonds is 6. The average molecular weight is 377 g/mol. The number of hydrogen-bond acceptors (Lipinski definition) is 4. The summed E-state index contributed by atoms with van der Waals surface area (Å²) in [6, 6.07) is 9.36. The molecule has 1 aliphatic heterocycles. The zero-order valence-electron chi connectivity index (χ0n) is 13.6. The van der Waals surface area contributed by atoms with Gasteiger partial charge in [-0.3, -0.25) is 4.79 Å². The maximum Gasteiger partial charge on any atom is 0.326 e. The van der Waals surface area contributed by atoms with Gasteiger partial charge in [-0.2, -0.15) is 19.8 Å². The van der Waals surface area contributed by atoms with Crippen molar-refractivity contribution < 1.29 is 13.2 Å². The van der Waals surface area contributed by atoms with Crippen LogP contribution in [0.15, 0.2) is 41.1 Å². The highest BCUT2D eigenvalue weighted by atomic mass is 32.2. The van der Waals surface area contributed by atoms with Crippen molar-refractivity contribution in [3.05, 3.63) is 46.7 Å². The van der Waals surface area contributed by atoms with Crippen molar-refractivity contribution in [3.8, 4) is 0 Å². The highest BCUT2D eigenvalue weighted by molar-refractivity contribution is 7.94. The fourth-order valence-electron chi connectivity index (χ4n) is 3.08. The summed E-state index contributed by atoms with van der Waals surface area (Å²) in [6.45, 7) is 0.521. The van der Waals surface area contributed by atoms with Gasteiger partial charge in [-0.15, -0.1) is 0 Å². The van der Waals surface area contributed by atoms with Gasteiger partial charge in [-0.25, -0.2) is 8.61 Å². The number of carbonyl (C=O) groups excluding carboxylic acids is 1. The summed E-state index contributed by atoms with van der Waals surface area (Å²) in [6.07, 6.45) is 2.12. The smallest absolute Gasteiger partial charge is 0.326 e. The molecule has 1 saturated carbocycles. The maximum absolute atomic E-state index is 12.9. The van der Waals surface area contributed by atoms with Crippen LogP contribution in [0.4, 0.5) is 11.4 Å². The van der Waals surface area contributed by atoms with Gasteiger partial charge in [0.25, 0.3) is 0 Å². The Morgan fingerprint density at radius 3 is 2.64 bits per heavy atom. The number of anilines is 2. The molecule has 2 aliphatic rings. The Morgan fingerprint density at radius 2 is 1.96 bits per heavy atom. The number of benzene rings is 1. The van der Waals surface area contributed by atoms with Crippen LogP contribution in [-0.4, -0.2) is 33.5 Å². The molecule has 0 radical (unpaired) electrons. The van der Waals surface area contributed by atoms with Crippen LogP contribution in [0.5, 0.6) is 0 Å². The second-order valence-electron chi connectivity index (χ2n) is 6.25. The molecular formula is C17H19N3O3S2. The van der Waals surface area contributed by atoms with Gasteiger partial charge in [0.05, 0.1) is 24.3 Å². The Labute approximate surface area is 151 Å². The highest BCUT2D eigenvalue weighted by Gasteiger charge is 2.47. The van der Waals surface area contributed by atoms with Crippen LogP contribution < -0.4 is 13.9 Å². The number of nitrogens with zero attached hydrogens (tertiary/aromatic N) is 2. The first-order valence-electron chi connectivity index (χ1n) is 8.26. The minimum absolute atomic E-state index is 0.0735. The third kappa shape index (κ3) is 3.11. The summed E-state index contributed by atoms with van der Waals surface area (Å²) in [5.74, 6) is -0.0951. The van der Waals surface area contributed by atoms with Gasteiger partial charge >= 0.3 is 10.2 Å². The third-order valence-corrected chi connectivity index (χ3v) is 7.04. The fourth-order valence-corrected chi connectivity index (χ4v) is 5.68. The van der Waals surface area contributed by atoms with Gasteiger partial charge in [-0.05, 0) is 47.4 Å². The number of carbonyl (C=O) groups is 1. The first-order chi connectivity index (χ1) is 12.1. The first kappa shape index (κ1) is 16.4. The Balaban J connectivity index is 1.44. The molecule has 25 heavy (non-hydrogen) atoms. The van der Waals surface area contributed by atoms with Gasteiger partial charge < -0.3 is 5.32 Å². The predicted octanol–water partition coefficient (Wildman–Crippen LogP) is 2.14. The molecule has 0 unspecified atom stereocenters. The normalized spacial score (nSPS) is 18.2. The molecule has 4 rings (SSSR count). The van der Waals surface area contributed by atoms with E-state index in [0.717, 1.165) is 24.1 Å². The lowest BCUT2D eigenvalue weighted by Gasteiger charge is -2.21. The lowest BCUT2D eigenvalue weighted by atomic mass is 10.2. The number of para-hydroxylation sites is 2. The molecule has 0 spiro atoms. The van der Waals surface area contributed by atoms with Crippen molar-refractivity contribution >= 4 is 38.8 Å². The van der Waals surface area contributed by atoms with Crippen LogP contribution in [0.2, 0.25) is 0 Å². The van der Waals surface area contributed by atoms with Crippen LogP contribution >= 0.6 is 11.3 Å². The molecule has 0 saturated heterocycles. The predicted molar refractivity (Wildman–Crippen MR) is 99.2 cm³/mol. The van der Waals surface area contributed by atoms with Gasteiger partial charge in [-0.1, -0.05) is 12.1 Å². The molecule has 132 valence electrons. The zero-order valence-corrected chi connectivity index (χ0v) is 15.2. The van der Waals surface area contributed by atoms with E-state index >= 15 is 0 Å². The Bertz CT molecular complexity index is 876. The monoisotopic (exact) mass is 377 g/mol. The lowest BCUT2D eigenvalue weighted by Crippen LogP contribution is -2.43. The second-order valence-corrected chi connectivity index (χ2v) is 8.76. The Hall–Kier alpha value is -2.06. The van der Waals surface area contributed by atoms with E-state index in [-0.39, 0.29) is 25.0 Å². The zero-order chi connectivity index (χ0) is 17.4. The van der Waals surface area contributed by atoms with E-state index in [2.05, 4.69) is 5.32 Å². The molecular weight excluding hydrogens is 358 g/mol. The van der Waals surface area contributed by atoms with Crippen molar-refractivity contribution in [2.45, 2.75) is 25.3 Å². The van der Waals surface area contributed by atoms with E-state index in [9.17, 15) is 13.2 Å². The standard InChI is InChI=1S/C17H19N3O3S2/c21-17(11-13-7-10-24-12-13)18-8-9-19-15-3-1-2-4-16(15)20(14-5-6-14)25(19,22)23/h1-4,7,10,12,14H,5-6,8-9,11H2,(H,18,21). The molecule has 1 aromatic heterocycles. The van der Waals surface area contributed by atoms with Gasteiger partial charge in [0.2, 0.25) is 5.91 Å². The Morgan fingerprint density at radius 1 is 1.20 bits per heavy atom. The van der Waals surface area contributed by atoms with Gasteiger partial charge in [0, 0.05) is 12.6 Å². The van der Waals surface area contributed by atoms with Gasteiger partial charge in [0.1, 0.15) is 0 Å². The second kappa shape index (κ2) is 6.34. The minimum Gasteiger partial charge on any atom is -0.354 e. The highest BCUT2D eigenvalue weighted by Crippen LogP contribution is 2.46. The summed E-state index contributed by atoms with van der Waals surface area (Å²) >= 11 is 1.55. The molecule has 1 aliphatic carbocycles. The molecule has 1 fully saturated rings. The number of amides is 1. The van der Waals surface area contributed by atoms with Crippen LogP contribution in [0.1, 0.15) is 18.4 Å². The lowest BCUT2D eigenvalue weighted by molar-refractivity contribution is -0.120. The van der Waals surface area contributed by atoms with Crippen molar-refractivity contribution in [1.82, 2.24) is 5.32 Å². The summed E-state index contributed by atoms with van der Waals surface area (Å²) in [4.78, 5) is 12.0. The Kier molecular flexibility index (Phi) is 4.16. The quantitative estimate of drug-likeness (QED) is 0.839. The molecule has 1 aromatic carbocycles. The van der Waals surface area contributed by atoms with Crippen LogP contribution in [0.3, 0.4) is 0 Å². The van der Waals surface area contributed by atoms with E-state index in [0.29, 0.717) is 12.1 Å². The fraction of sp³-hybridized carbons (Fsp3) is 0.353. The summed E-state index contributed by atoms with van der Waals surface area (Å²) in [5.41, 5.74) is 2.41. The van der Waals surface area contributed by atoms with E-state index in [1.807, 2.05) is 41.1 Å². The number of fused-ring (bicyclic) bond motifs is 1. The summed E-state index contributed by atoms with van der Waals surface area (Å²) < 4.78 is 28.8. The van der Waals surface area contributed by atoms with E-state index in [1.165, 1.54) is 8.61 Å². The summed E-state index contributed by atoms with van der Waals surface area (Å²) in [7, 11) is -3.55. The molecule has 8 heteroatoms. The molecule has 2 aromatic rings. The molecule has 0 atom stereocenters. The first-order valence-corrected chi connectivity index (χ1v) is 10.6. The van der Waals surface area contributed by atoms with Crippen molar-refractivity contribution in [1.29, 1.82) is 0 Å². The number of thiophene rings is 1. The van der Waals surface area contributed by atoms with Crippen molar-refractivity contribution in [2.24, 2.45) is 0 Å². The molecule has 0 bridgehead atoms. The molecule has 6 nitrogen and oxygen atoms in total. The third-order valence-electron chi connectivity index (χ3n) is 4.38. The molecule has 1 N–H and O–H groups in total. The van der Waals surface area contributed by atoms with Crippen LogP contribution in [0.25, 0.3) is 0 Å². The van der Waals surface area contributed by atoms with E-state index < -0.39 is 10.2 Å². The van der Waals surface area contributed by atoms with Crippen molar-refractivity contribution in [3.63, 3.8) is 0 Å². The van der Waals surface area contributed by atoms with E-state index in [1.54, 1.807) is 11.3 Å². The average Bonchev–Trinajstić information content (AvgIpc) is 3.21. The maximum atomic E-state index is 12.9. The van der Waals surface area contributed by atoms with Gasteiger partial charge in [0.15, 0.2) is 0 Å². The summed E-state index contributed by atoms with van der Waals surface area (Å²) in [5, 5.41) is 6.69. The topological polar surface area (TPSA) is 69.7 Å². The SMILES string of the molecule is O=C(Cc1ccsc1)NCCN1c2ccccc2N(C2CC2)S1(=O)=O. The van der Waals surface area contributed by atoms with Crippen LogP contribution in [0, 0.1) is 0 Å². The molecule has 1 amide bonds. The number of nitrogens with one attached hydrogen (secondary N) is 1. The molecule has 2 heterocycles. The number of hydrogen-bond donors (Lipinski definition) is 1. The van der Waals surface area contributed by atoms with Crippen LogP contribution in [-0.2, 0) is 21.4 Å². The van der Waals surface area contributed by atoms with Crippen molar-refractivity contribution in [2.75, 3.05) is 21.7 Å². The van der Waals surface area contributed by atoms with E-state index in [4.69, 9.17) is 0 Å².